The SMILES string of the molecule is CC1CN(S(=O)(=O)c2cccc3ccccc23)CC(C)O1. The number of ether oxygens (including phenoxy) is 1. The largest absolute Gasteiger partial charge is 0.373 e. The molecule has 0 aromatic heterocycles. The molecule has 2 unspecified atom stereocenters. The van der Waals surface area contributed by atoms with E-state index in [1.165, 1.54) is 4.31 Å². The fraction of sp³-hybridized carbons (Fsp3) is 0.375. The highest BCUT2D eigenvalue weighted by Gasteiger charge is 2.32. The van der Waals surface area contributed by atoms with Crippen molar-refractivity contribution in [3.05, 3.63) is 42.5 Å². The summed E-state index contributed by atoms with van der Waals surface area (Å²) in [7, 11) is -3.50. The van der Waals surface area contributed by atoms with E-state index in [1.807, 2.05) is 44.2 Å². The molecule has 21 heavy (non-hydrogen) atoms. The summed E-state index contributed by atoms with van der Waals surface area (Å²) in [5.74, 6) is 0. The van der Waals surface area contributed by atoms with Crippen LogP contribution in [0, 0.1) is 0 Å². The summed E-state index contributed by atoms with van der Waals surface area (Å²) in [6.07, 6.45) is -0.169. The van der Waals surface area contributed by atoms with Crippen molar-refractivity contribution in [2.45, 2.75) is 31.0 Å². The minimum atomic E-state index is -3.50. The third-order valence-corrected chi connectivity index (χ3v) is 5.64. The Balaban J connectivity index is 2.08. The van der Waals surface area contributed by atoms with Crippen LogP contribution in [0.15, 0.2) is 47.4 Å². The van der Waals surface area contributed by atoms with Crippen LogP contribution >= 0.6 is 0 Å². The average molecular weight is 305 g/mol. The van der Waals surface area contributed by atoms with Crippen LogP contribution in [-0.2, 0) is 14.8 Å². The molecule has 1 saturated heterocycles. The highest BCUT2D eigenvalue weighted by molar-refractivity contribution is 7.89. The molecular formula is C16H19NO3S. The summed E-state index contributed by atoms with van der Waals surface area (Å²) < 4.78 is 33.1. The molecule has 5 heteroatoms. The van der Waals surface area contributed by atoms with Crippen molar-refractivity contribution in [3.63, 3.8) is 0 Å². The molecule has 3 rings (SSSR count). The first-order chi connectivity index (χ1) is 9.98. The average Bonchev–Trinajstić information content (AvgIpc) is 2.45. The second-order valence-electron chi connectivity index (χ2n) is 5.56. The van der Waals surface area contributed by atoms with E-state index in [0.29, 0.717) is 18.0 Å². The number of rotatable bonds is 2. The Labute approximate surface area is 125 Å². The van der Waals surface area contributed by atoms with Gasteiger partial charge in [-0.1, -0.05) is 36.4 Å². The Hall–Kier alpha value is -1.43. The third-order valence-electron chi connectivity index (χ3n) is 3.75. The number of nitrogens with zero attached hydrogens (tertiary/aromatic N) is 1. The maximum atomic E-state index is 13.0. The molecule has 4 nitrogen and oxygen atoms in total. The minimum absolute atomic E-state index is 0.0847. The first kappa shape index (κ1) is 14.5. The number of hydrogen-bond acceptors (Lipinski definition) is 3. The fourth-order valence-electron chi connectivity index (χ4n) is 2.89. The lowest BCUT2D eigenvalue weighted by atomic mass is 10.1. The zero-order valence-electron chi connectivity index (χ0n) is 12.2. The van der Waals surface area contributed by atoms with Gasteiger partial charge in [-0.2, -0.15) is 4.31 Å². The first-order valence-electron chi connectivity index (χ1n) is 7.12. The molecule has 0 bridgehead atoms. The smallest absolute Gasteiger partial charge is 0.243 e. The van der Waals surface area contributed by atoms with Crippen molar-refractivity contribution in [1.29, 1.82) is 0 Å². The van der Waals surface area contributed by atoms with E-state index in [9.17, 15) is 8.42 Å². The summed E-state index contributed by atoms with van der Waals surface area (Å²) >= 11 is 0. The fourth-order valence-corrected chi connectivity index (χ4v) is 4.69. The van der Waals surface area contributed by atoms with Gasteiger partial charge in [0.05, 0.1) is 17.1 Å². The molecule has 0 aliphatic carbocycles. The highest BCUT2D eigenvalue weighted by atomic mass is 32.2. The van der Waals surface area contributed by atoms with Crippen LogP contribution in [0.2, 0.25) is 0 Å². The standard InChI is InChI=1S/C16H19NO3S/c1-12-10-17(11-13(2)20-12)21(18,19)16-9-5-7-14-6-3-4-8-15(14)16/h3-9,12-13H,10-11H2,1-2H3. The monoisotopic (exact) mass is 305 g/mol. The van der Waals surface area contributed by atoms with Crippen LogP contribution < -0.4 is 0 Å². The Kier molecular flexibility index (Phi) is 3.73. The molecule has 1 aliphatic heterocycles. The van der Waals surface area contributed by atoms with E-state index in [4.69, 9.17) is 4.74 Å². The highest BCUT2D eigenvalue weighted by Crippen LogP contribution is 2.27. The zero-order chi connectivity index (χ0) is 15.0. The second-order valence-corrected chi connectivity index (χ2v) is 7.46. The Bertz CT molecular complexity index is 742. The number of fused-ring (bicyclic) bond motifs is 1. The van der Waals surface area contributed by atoms with E-state index < -0.39 is 10.0 Å². The van der Waals surface area contributed by atoms with Crippen LogP contribution in [0.4, 0.5) is 0 Å². The Morgan fingerprint density at radius 1 is 1.00 bits per heavy atom. The molecule has 0 amide bonds. The number of benzene rings is 2. The van der Waals surface area contributed by atoms with Gasteiger partial charge in [-0.05, 0) is 25.3 Å². The van der Waals surface area contributed by atoms with Gasteiger partial charge in [-0.15, -0.1) is 0 Å². The van der Waals surface area contributed by atoms with E-state index >= 15 is 0 Å². The summed E-state index contributed by atoms with van der Waals surface area (Å²) in [5.41, 5.74) is 0. The predicted octanol–water partition coefficient (Wildman–Crippen LogP) is 2.64. The number of hydrogen-bond donors (Lipinski definition) is 0. The van der Waals surface area contributed by atoms with E-state index in [1.54, 1.807) is 12.1 Å². The molecule has 0 saturated carbocycles. The zero-order valence-corrected chi connectivity index (χ0v) is 13.0. The lowest BCUT2D eigenvalue weighted by molar-refractivity contribution is -0.0440. The van der Waals surface area contributed by atoms with Gasteiger partial charge in [0.25, 0.3) is 0 Å². The molecule has 1 fully saturated rings. The molecule has 1 aliphatic rings. The van der Waals surface area contributed by atoms with Crippen molar-refractivity contribution >= 4 is 20.8 Å². The number of morpholine rings is 1. The van der Waals surface area contributed by atoms with Crippen molar-refractivity contribution in [2.75, 3.05) is 13.1 Å². The molecule has 112 valence electrons. The predicted molar refractivity (Wildman–Crippen MR) is 82.7 cm³/mol. The van der Waals surface area contributed by atoms with Crippen LogP contribution in [0.3, 0.4) is 0 Å². The third kappa shape index (κ3) is 2.69. The van der Waals surface area contributed by atoms with Crippen LogP contribution in [0.1, 0.15) is 13.8 Å². The Morgan fingerprint density at radius 3 is 2.33 bits per heavy atom. The molecular weight excluding hydrogens is 286 g/mol. The summed E-state index contributed by atoms with van der Waals surface area (Å²) in [4.78, 5) is 0.377. The molecule has 0 spiro atoms. The van der Waals surface area contributed by atoms with Crippen molar-refractivity contribution in [2.24, 2.45) is 0 Å². The molecule has 2 aromatic rings. The quantitative estimate of drug-likeness (QED) is 0.857. The summed E-state index contributed by atoms with van der Waals surface area (Å²) in [6.45, 7) is 4.61. The van der Waals surface area contributed by atoms with Crippen LogP contribution in [0.5, 0.6) is 0 Å². The molecule has 2 atom stereocenters. The molecule has 0 radical (unpaired) electrons. The van der Waals surface area contributed by atoms with Gasteiger partial charge in [0, 0.05) is 18.5 Å². The van der Waals surface area contributed by atoms with Gasteiger partial charge in [-0.3, -0.25) is 0 Å². The molecule has 1 heterocycles. The number of sulfonamides is 1. The second kappa shape index (κ2) is 5.40. The normalized spacial score (nSPS) is 24.3. The van der Waals surface area contributed by atoms with E-state index in [-0.39, 0.29) is 12.2 Å². The first-order valence-corrected chi connectivity index (χ1v) is 8.56. The molecule has 2 aromatic carbocycles. The topological polar surface area (TPSA) is 46.6 Å². The Morgan fingerprint density at radius 2 is 1.62 bits per heavy atom. The lowest BCUT2D eigenvalue weighted by Crippen LogP contribution is -2.48. The van der Waals surface area contributed by atoms with Crippen LogP contribution in [-0.4, -0.2) is 38.0 Å². The van der Waals surface area contributed by atoms with E-state index in [2.05, 4.69) is 0 Å². The van der Waals surface area contributed by atoms with Gasteiger partial charge in [0.15, 0.2) is 0 Å². The summed E-state index contributed by atoms with van der Waals surface area (Å²) in [5, 5.41) is 1.71. The van der Waals surface area contributed by atoms with Gasteiger partial charge >= 0.3 is 0 Å². The maximum absolute atomic E-state index is 13.0. The van der Waals surface area contributed by atoms with Crippen molar-refractivity contribution in [1.82, 2.24) is 4.31 Å². The van der Waals surface area contributed by atoms with Gasteiger partial charge in [0.1, 0.15) is 0 Å². The summed E-state index contributed by atoms with van der Waals surface area (Å²) in [6, 6.07) is 13.0. The van der Waals surface area contributed by atoms with Gasteiger partial charge in [-0.25, -0.2) is 8.42 Å². The van der Waals surface area contributed by atoms with E-state index in [0.717, 1.165) is 10.8 Å². The van der Waals surface area contributed by atoms with Crippen molar-refractivity contribution < 1.29 is 13.2 Å². The molecule has 0 N–H and O–H groups in total. The van der Waals surface area contributed by atoms with Crippen LogP contribution in [0.25, 0.3) is 10.8 Å². The maximum Gasteiger partial charge on any atom is 0.243 e. The van der Waals surface area contributed by atoms with Crippen molar-refractivity contribution in [3.8, 4) is 0 Å². The van der Waals surface area contributed by atoms with Gasteiger partial charge in [0.2, 0.25) is 10.0 Å². The lowest BCUT2D eigenvalue weighted by Gasteiger charge is -2.34. The van der Waals surface area contributed by atoms with Gasteiger partial charge < -0.3 is 4.74 Å². The minimum Gasteiger partial charge on any atom is -0.373 e.